The highest BCUT2D eigenvalue weighted by molar-refractivity contribution is 8.14. The van der Waals surface area contributed by atoms with Gasteiger partial charge in [0.25, 0.3) is 10.0 Å². The summed E-state index contributed by atoms with van der Waals surface area (Å²) >= 11 is 12.7. The van der Waals surface area contributed by atoms with Gasteiger partial charge in [-0.3, -0.25) is 4.79 Å². The molecule has 0 spiro atoms. The number of amidine groups is 1. The van der Waals surface area contributed by atoms with E-state index in [1.165, 1.54) is 12.1 Å². The number of thioether (sulfide) groups is 1. The second-order valence-electron chi connectivity index (χ2n) is 3.75. The van der Waals surface area contributed by atoms with Gasteiger partial charge in [0.15, 0.2) is 5.17 Å². The maximum absolute atomic E-state index is 12.0. The average molecular weight is 355 g/mol. The van der Waals surface area contributed by atoms with Crippen LogP contribution in [0, 0.1) is 0 Å². The van der Waals surface area contributed by atoms with Crippen molar-refractivity contribution in [1.29, 1.82) is 0 Å². The van der Waals surface area contributed by atoms with E-state index in [-0.39, 0.29) is 38.0 Å². The fraction of sp³-hybridized carbons (Fsp3) is 0.200. The SMILES string of the molecule is O=C(O)CCSC1=NS(=O)(=O)c2cc(Cl)cc(Cl)c2N1. The van der Waals surface area contributed by atoms with Crippen LogP contribution >= 0.6 is 35.0 Å². The molecule has 1 heterocycles. The number of sulfonamides is 1. The Balaban J connectivity index is 2.31. The average Bonchev–Trinajstić information content (AvgIpc) is 2.29. The molecule has 1 aliphatic heterocycles. The number of aliphatic carboxylic acids is 1. The summed E-state index contributed by atoms with van der Waals surface area (Å²) in [5.41, 5.74) is 0.198. The van der Waals surface area contributed by atoms with Crippen LogP contribution < -0.4 is 5.32 Å². The van der Waals surface area contributed by atoms with Crippen LogP contribution in [0.15, 0.2) is 21.4 Å². The minimum atomic E-state index is -3.90. The summed E-state index contributed by atoms with van der Waals surface area (Å²) in [6.07, 6.45) is -0.105. The third kappa shape index (κ3) is 3.38. The Hall–Kier alpha value is -0.960. The van der Waals surface area contributed by atoms with Crippen molar-refractivity contribution in [2.75, 3.05) is 11.1 Å². The molecule has 6 nitrogen and oxygen atoms in total. The van der Waals surface area contributed by atoms with Gasteiger partial charge >= 0.3 is 5.97 Å². The van der Waals surface area contributed by atoms with Crippen LogP contribution in [0.2, 0.25) is 10.0 Å². The largest absolute Gasteiger partial charge is 0.481 e. The van der Waals surface area contributed by atoms with E-state index in [1.54, 1.807) is 0 Å². The van der Waals surface area contributed by atoms with Gasteiger partial charge in [0.2, 0.25) is 0 Å². The number of hydrogen-bond donors (Lipinski definition) is 2. The number of hydrogen-bond acceptors (Lipinski definition) is 5. The van der Waals surface area contributed by atoms with Crippen LogP contribution in [0.5, 0.6) is 0 Å². The summed E-state index contributed by atoms with van der Waals surface area (Å²) < 4.78 is 27.6. The quantitative estimate of drug-likeness (QED) is 0.866. The van der Waals surface area contributed by atoms with Gasteiger partial charge in [0.1, 0.15) is 4.90 Å². The minimum Gasteiger partial charge on any atom is -0.481 e. The van der Waals surface area contributed by atoms with Crippen LogP contribution in [0.4, 0.5) is 5.69 Å². The molecule has 0 atom stereocenters. The van der Waals surface area contributed by atoms with E-state index in [1.807, 2.05) is 0 Å². The van der Waals surface area contributed by atoms with Crippen molar-refractivity contribution < 1.29 is 18.3 Å². The summed E-state index contributed by atoms with van der Waals surface area (Å²) in [5.74, 6) is -0.779. The molecule has 0 unspecified atom stereocenters. The smallest absolute Gasteiger partial charge is 0.304 e. The maximum Gasteiger partial charge on any atom is 0.304 e. The molecule has 0 fully saturated rings. The molecular formula is C10H8Cl2N2O4S2. The molecule has 0 aliphatic carbocycles. The molecule has 10 heteroatoms. The van der Waals surface area contributed by atoms with E-state index in [4.69, 9.17) is 28.3 Å². The molecule has 0 amide bonds. The number of anilines is 1. The molecule has 1 aromatic carbocycles. The molecular weight excluding hydrogens is 347 g/mol. The zero-order chi connectivity index (χ0) is 14.9. The Morgan fingerprint density at radius 2 is 2.10 bits per heavy atom. The summed E-state index contributed by atoms with van der Waals surface area (Å²) in [7, 11) is -3.90. The van der Waals surface area contributed by atoms with Crippen molar-refractivity contribution >= 4 is 61.8 Å². The maximum atomic E-state index is 12.0. The van der Waals surface area contributed by atoms with E-state index in [9.17, 15) is 13.2 Å². The Morgan fingerprint density at radius 1 is 1.40 bits per heavy atom. The summed E-state index contributed by atoms with van der Waals surface area (Å²) in [6.45, 7) is 0. The lowest BCUT2D eigenvalue weighted by Gasteiger charge is -2.18. The lowest BCUT2D eigenvalue weighted by Crippen LogP contribution is -2.20. The molecule has 0 bridgehead atoms. The van der Waals surface area contributed by atoms with Crippen LogP contribution in [0.25, 0.3) is 0 Å². The molecule has 0 saturated carbocycles. The summed E-state index contributed by atoms with van der Waals surface area (Å²) in [5, 5.41) is 11.8. The number of carboxylic acids is 1. The third-order valence-electron chi connectivity index (χ3n) is 2.29. The van der Waals surface area contributed by atoms with E-state index in [2.05, 4.69) is 9.71 Å². The minimum absolute atomic E-state index is 0.0861. The highest BCUT2D eigenvalue weighted by Crippen LogP contribution is 2.37. The van der Waals surface area contributed by atoms with Crippen molar-refractivity contribution in [2.24, 2.45) is 4.40 Å². The van der Waals surface area contributed by atoms with Crippen molar-refractivity contribution in [2.45, 2.75) is 11.3 Å². The first-order chi connectivity index (χ1) is 9.29. The normalized spacial score (nSPS) is 16.0. The van der Waals surface area contributed by atoms with Crippen molar-refractivity contribution in [3.63, 3.8) is 0 Å². The monoisotopic (exact) mass is 354 g/mol. The van der Waals surface area contributed by atoms with E-state index < -0.39 is 16.0 Å². The first-order valence-corrected chi connectivity index (χ1v) is 8.43. The van der Waals surface area contributed by atoms with Gasteiger partial charge in [-0.1, -0.05) is 35.0 Å². The lowest BCUT2D eigenvalue weighted by atomic mass is 10.3. The number of benzene rings is 1. The molecule has 108 valence electrons. The molecule has 0 radical (unpaired) electrons. The number of carboxylic acid groups (broad SMARTS) is 1. The topological polar surface area (TPSA) is 95.8 Å². The predicted octanol–water partition coefficient (Wildman–Crippen LogP) is 2.67. The molecule has 2 N–H and O–H groups in total. The molecule has 20 heavy (non-hydrogen) atoms. The fourth-order valence-corrected chi connectivity index (χ4v) is 4.33. The molecule has 1 aliphatic rings. The summed E-state index contributed by atoms with van der Waals surface area (Å²) in [4.78, 5) is 10.3. The Kier molecular flexibility index (Phi) is 4.48. The fourth-order valence-electron chi connectivity index (χ4n) is 1.46. The number of halogens is 2. The molecule has 0 aromatic heterocycles. The number of rotatable bonds is 3. The van der Waals surface area contributed by atoms with E-state index in [0.717, 1.165) is 11.8 Å². The number of nitrogens with zero attached hydrogens (tertiary/aromatic N) is 1. The zero-order valence-electron chi connectivity index (χ0n) is 9.76. The highest BCUT2D eigenvalue weighted by Gasteiger charge is 2.27. The summed E-state index contributed by atoms with van der Waals surface area (Å²) in [6, 6.07) is 2.67. The molecule has 2 rings (SSSR count). The van der Waals surface area contributed by atoms with Crippen LogP contribution in [-0.2, 0) is 14.8 Å². The number of carbonyl (C=O) groups is 1. The second-order valence-corrected chi connectivity index (χ2v) is 7.25. The Morgan fingerprint density at radius 3 is 2.75 bits per heavy atom. The van der Waals surface area contributed by atoms with E-state index >= 15 is 0 Å². The van der Waals surface area contributed by atoms with Gasteiger partial charge in [-0.15, -0.1) is 4.40 Å². The van der Waals surface area contributed by atoms with Crippen molar-refractivity contribution in [3.8, 4) is 0 Å². The van der Waals surface area contributed by atoms with Crippen LogP contribution in [0.3, 0.4) is 0 Å². The van der Waals surface area contributed by atoms with Gasteiger partial charge in [0.05, 0.1) is 17.1 Å². The predicted molar refractivity (Wildman–Crippen MR) is 79.4 cm³/mol. The zero-order valence-corrected chi connectivity index (χ0v) is 12.9. The Labute approximate surface area is 129 Å². The van der Waals surface area contributed by atoms with Crippen molar-refractivity contribution in [1.82, 2.24) is 0 Å². The van der Waals surface area contributed by atoms with Crippen molar-refractivity contribution in [3.05, 3.63) is 22.2 Å². The van der Waals surface area contributed by atoms with E-state index in [0.29, 0.717) is 0 Å². The van der Waals surface area contributed by atoms with Crippen LogP contribution in [-0.4, -0.2) is 30.4 Å². The van der Waals surface area contributed by atoms with Gasteiger partial charge in [-0.25, -0.2) is 0 Å². The standard InChI is InChI=1S/C10H8Cl2N2O4S2/c11-5-3-6(12)9-7(4-5)20(17,18)14-10(13-9)19-2-1-8(15)16/h3-4H,1-2H2,(H,13,14)(H,15,16). The van der Waals surface area contributed by atoms with Gasteiger partial charge < -0.3 is 10.4 Å². The lowest BCUT2D eigenvalue weighted by molar-refractivity contribution is -0.136. The number of nitrogens with one attached hydrogen (secondary N) is 1. The van der Waals surface area contributed by atoms with Crippen LogP contribution in [0.1, 0.15) is 6.42 Å². The molecule has 0 saturated heterocycles. The second kappa shape index (κ2) is 5.80. The highest BCUT2D eigenvalue weighted by atomic mass is 35.5. The van der Waals surface area contributed by atoms with Gasteiger partial charge in [-0.05, 0) is 12.1 Å². The first-order valence-electron chi connectivity index (χ1n) is 5.25. The number of fused-ring (bicyclic) bond motifs is 1. The third-order valence-corrected chi connectivity index (χ3v) is 5.09. The Bertz CT molecular complexity index is 703. The van der Waals surface area contributed by atoms with Gasteiger partial charge in [0, 0.05) is 10.8 Å². The first kappa shape index (κ1) is 15.4. The molecule has 1 aromatic rings. The van der Waals surface area contributed by atoms with Gasteiger partial charge in [-0.2, -0.15) is 8.42 Å².